The Morgan fingerprint density at radius 3 is 2.69 bits per heavy atom. The Balaban J connectivity index is 3.07. The van der Waals surface area contributed by atoms with Crippen LogP contribution in [0.25, 0.3) is 5.57 Å². The van der Waals surface area contributed by atoms with Gasteiger partial charge in [-0.05, 0) is 30.2 Å². The molecule has 0 amide bonds. The Bertz CT molecular complexity index is 425. The molecule has 2 nitrogen and oxygen atoms in total. The highest BCUT2D eigenvalue weighted by molar-refractivity contribution is 5.74. The summed E-state index contributed by atoms with van der Waals surface area (Å²) in [5, 5.41) is 8.52. The van der Waals surface area contributed by atoms with Gasteiger partial charge in [0.1, 0.15) is 11.6 Å². The molecule has 1 aromatic carbocycles. The van der Waals surface area contributed by atoms with Crippen molar-refractivity contribution in [3.63, 3.8) is 0 Å². The van der Waals surface area contributed by atoms with Gasteiger partial charge in [-0.2, -0.15) is 0 Å². The molecule has 0 saturated carbocycles. The third-order valence-corrected chi connectivity index (χ3v) is 2.18. The molecule has 0 aromatic heterocycles. The number of carboxylic acid groups (broad SMARTS) is 1. The standard InChI is InChI=1S/C12H12F2O2/c1-2-8(3-6-12(15)16)10-7-9(13)4-5-11(10)14/h3-5,7H,2,6H2,1H3,(H,15,16)/b8-3+. The highest BCUT2D eigenvalue weighted by atomic mass is 19.1. The van der Waals surface area contributed by atoms with Gasteiger partial charge in [0.05, 0.1) is 6.42 Å². The number of rotatable bonds is 4. The van der Waals surface area contributed by atoms with Crippen LogP contribution >= 0.6 is 0 Å². The Labute approximate surface area is 92.2 Å². The summed E-state index contributed by atoms with van der Waals surface area (Å²) < 4.78 is 26.3. The number of hydrogen-bond donors (Lipinski definition) is 1. The number of carboxylic acids is 1. The van der Waals surface area contributed by atoms with Gasteiger partial charge in [-0.25, -0.2) is 8.78 Å². The van der Waals surface area contributed by atoms with Crippen LogP contribution in [0.2, 0.25) is 0 Å². The molecule has 0 unspecified atom stereocenters. The molecule has 0 aliphatic heterocycles. The van der Waals surface area contributed by atoms with E-state index in [0.29, 0.717) is 12.0 Å². The SMILES string of the molecule is CC/C(=C\CC(=O)O)c1cc(F)ccc1F. The summed E-state index contributed by atoms with van der Waals surface area (Å²) in [5.74, 6) is -2.08. The van der Waals surface area contributed by atoms with Crippen LogP contribution in [0.5, 0.6) is 0 Å². The lowest BCUT2D eigenvalue weighted by Crippen LogP contribution is -1.95. The first-order valence-corrected chi connectivity index (χ1v) is 4.90. The van der Waals surface area contributed by atoms with Crippen LogP contribution in [0, 0.1) is 11.6 Å². The zero-order chi connectivity index (χ0) is 12.1. The van der Waals surface area contributed by atoms with E-state index in [1.54, 1.807) is 6.92 Å². The fraction of sp³-hybridized carbons (Fsp3) is 0.250. The van der Waals surface area contributed by atoms with E-state index in [0.717, 1.165) is 18.2 Å². The second-order valence-electron chi connectivity index (χ2n) is 3.30. The van der Waals surface area contributed by atoms with Crippen molar-refractivity contribution in [3.8, 4) is 0 Å². The lowest BCUT2D eigenvalue weighted by molar-refractivity contribution is -0.135. The van der Waals surface area contributed by atoms with E-state index in [4.69, 9.17) is 5.11 Å². The number of halogens is 2. The molecule has 1 rings (SSSR count). The number of hydrogen-bond acceptors (Lipinski definition) is 1. The summed E-state index contributed by atoms with van der Waals surface area (Å²) in [6.07, 6.45) is 1.66. The van der Waals surface area contributed by atoms with Crippen LogP contribution in [0.1, 0.15) is 25.3 Å². The highest BCUT2D eigenvalue weighted by Crippen LogP contribution is 2.22. The van der Waals surface area contributed by atoms with Gasteiger partial charge < -0.3 is 5.11 Å². The Morgan fingerprint density at radius 1 is 1.44 bits per heavy atom. The summed E-state index contributed by atoms with van der Waals surface area (Å²) in [7, 11) is 0. The maximum Gasteiger partial charge on any atom is 0.307 e. The Morgan fingerprint density at radius 2 is 2.12 bits per heavy atom. The molecule has 0 fully saturated rings. The van der Waals surface area contributed by atoms with Gasteiger partial charge in [-0.1, -0.05) is 13.0 Å². The molecule has 0 saturated heterocycles. The zero-order valence-electron chi connectivity index (χ0n) is 8.84. The predicted octanol–water partition coefficient (Wildman–Crippen LogP) is 3.23. The largest absolute Gasteiger partial charge is 0.481 e. The van der Waals surface area contributed by atoms with Crippen molar-refractivity contribution in [2.45, 2.75) is 19.8 Å². The third-order valence-electron chi connectivity index (χ3n) is 2.18. The van der Waals surface area contributed by atoms with Gasteiger partial charge >= 0.3 is 5.97 Å². The summed E-state index contributed by atoms with van der Waals surface area (Å²) in [4.78, 5) is 10.4. The molecule has 0 heterocycles. The van der Waals surface area contributed by atoms with Crippen LogP contribution < -0.4 is 0 Å². The second kappa shape index (κ2) is 5.39. The van der Waals surface area contributed by atoms with E-state index in [9.17, 15) is 13.6 Å². The van der Waals surface area contributed by atoms with Crippen molar-refractivity contribution in [3.05, 3.63) is 41.5 Å². The van der Waals surface area contributed by atoms with Crippen molar-refractivity contribution in [2.75, 3.05) is 0 Å². The van der Waals surface area contributed by atoms with Gasteiger partial charge in [-0.3, -0.25) is 4.79 Å². The van der Waals surface area contributed by atoms with Gasteiger partial charge in [0.2, 0.25) is 0 Å². The zero-order valence-corrected chi connectivity index (χ0v) is 8.84. The van der Waals surface area contributed by atoms with E-state index in [-0.39, 0.29) is 12.0 Å². The minimum absolute atomic E-state index is 0.128. The van der Waals surface area contributed by atoms with Crippen LogP contribution in [0.15, 0.2) is 24.3 Å². The minimum Gasteiger partial charge on any atom is -0.481 e. The van der Waals surface area contributed by atoms with E-state index in [2.05, 4.69) is 0 Å². The van der Waals surface area contributed by atoms with E-state index in [1.807, 2.05) is 0 Å². The summed E-state index contributed by atoms with van der Waals surface area (Å²) in [6, 6.07) is 3.14. The van der Waals surface area contributed by atoms with Crippen LogP contribution in [0.4, 0.5) is 8.78 Å². The van der Waals surface area contributed by atoms with Gasteiger partial charge in [-0.15, -0.1) is 0 Å². The molecule has 0 spiro atoms. The fourth-order valence-corrected chi connectivity index (χ4v) is 1.40. The van der Waals surface area contributed by atoms with Crippen LogP contribution in [-0.2, 0) is 4.79 Å². The number of carbonyl (C=O) groups is 1. The normalized spacial score (nSPS) is 11.6. The molecule has 1 aromatic rings. The molecule has 0 aliphatic carbocycles. The van der Waals surface area contributed by atoms with Crippen molar-refractivity contribution < 1.29 is 18.7 Å². The first kappa shape index (κ1) is 12.4. The average Bonchev–Trinajstić information content (AvgIpc) is 2.23. The van der Waals surface area contributed by atoms with Crippen molar-refractivity contribution in [1.29, 1.82) is 0 Å². The Hall–Kier alpha value is -1.71. The predicted molar refractivity (Wildman–Crippen MR) is 56.9 cm³/mol. The monoisotopic (exact) mass is 226 g/mol. The quantitative estimate of drug-likeness (QED) is 0.855. The number of benzene rings is 1. The lowest BCUT2D eigenvalue weighted by Gasteiger charge is -2.06. The molecule has 86 valence electrons. The summed E-state index contributed by atoms with van der Waals surface area (Å²) in [5.41, 5.74) is 0.628. The first-order chi connectivity index (χ1) is 7.54. The van der Waals surface area contributed by atoms with E-state index >= 15 is 0 Å². The third kappa shape index (κ3) is 3.15. The minimum atomic E-state index is -0.997. The average molecular weight is 226 g/mol. The van der Waals surface area contributed by atoms with Crippen molar-refractivity contribution >= 4 is 11.5 Å². The highest BCUT2D eigenvalue weighted by Gasteiger charge is 2.08. The smallest absolute Gasteiger partial charge is 0.307 e. The molecule has 0 aliphatic rings. The van der Waals surface area contributed by atoms with E-state index < -0.39 is 17.6 Å². The van der Waals surface area contributed by atoms with Gasteiger partial charge in [0.15, 0.2) is 0 Å². The summed E-state index contributed by atoms with van der Waals surface area (Å²) >= 11 is 0. The van der Waals surface area contributed by atoms with E-state index in [1.165, 1.54) is 6.08 Å². The van der Waals surface area contributed by atoms with Crippen molar-refractivity contribution in [2.24, 2.45) is 0 Å². The Kier molecular flexibility index (Phi) is 4.17. The lowest BCUT2D eigenvalue weighted by atomic mass is 10.0. The van der Waals surface area contributed by atoms with Crippen LogP contribution in [-0.4, -0.2) is 11.1 Å². The summed E-state index contributed by atoms with van der Waals surface area (Å²) in [6.45, 7) is 1.76. The molecule has 4 heteroatoms. The molecule has 0 bridgehead atoms. The fourth-order valence-electron chi connectivity index (χ4n) is 1.40. The molecule has 1 N–H and O–H groups in total. The van der Waals surface area contributed by atoms with Gasteiger partial charge in [0.25, 0.3) is 0 Å². The van der Waals surface area contributed by atoms with Crippen LogP contribution in [0.3, 0.4) is 0 Å². The number of allylic oxidation sites excluding steroid dienone is 1. The maximum atomic E-state index is 13.4. The van der Waals surface area contributed by atoms with Gasteiger partial charge in [0, 0.05) is 5.56 Å². The number of aliphatic carboxylic acids is 1. The molecular weight excluding hydrogens is 214 g/mol. The second-order valence-corrected chi connectivity index (χ2v) is 3.30. The molecule has 0 radical (unpaired) electrons. The molecule has 0 atom stereocenters. The van der Waals surface area contributed by atoms with Crippen molar-refractivity contribution in [1.82, 2.24) is 0 Å². The first-order valence-electron chi connectivity index (χ1n) is 4.90. The molecule has 16 heavy (non-hydrogen) atoms. The molecular formula is C12H12F2O2. The topological polar surface area (TPSA) is 37.3 Å². The maximum absolute atomic E-state index is 13.4.